The number of nitrogens with one attached hydrogen (secondary N) is 1. The molecule has 3 aromatic rings. The zero-order valence-corrected chi connectivity index (χ0v) is 18.1. The van der Waals surface area contributed by atoms with Crippen molar-refractivity contribution in [1.82, 2.24) is 14.9 Å². The molecular weight excluding hydrogens is 378 g/mol. The minimum absolute atomic E-state index is 0.0753. The minimum atomic E-state index is -0.114. The van der Waals surface area contributed by atoms with E-state index in [0.29, 0.717) is 25.5 Å². The normalized spacial score (nSPS) is 11.2. The van der Waals surface area contributed by atoms with Gasteiger partial charge in [0.05, 0.1) is 17.6 Å². The van der Waals surface area contributed by atoms with E-state index < -0.39 is 0 Å². The Hall–Kier alpha value is -2.86. The van der Waals surface area contributed by atoms with Crippen LogP contribution in [0.15, 0.2) is 48.5 Å². The van der Waals surface area contributed by atoms with Crippen molar-refractivity contribution < 1.29 is 14.3 Å². The third kappa shape index (κ3) is 5.83. The highest BCUT2D eigenvalue weighted by atomic mass is 16.5. The zero-order chi connectivity index (χ0) is 21.3. The van der Waals surface area contributed by atoms with E-state index in [1.807, 2.05) is 30.3 Å². The highest BCUT2D eigenvalue weighted by Crippen LogP contribution is 2.20. The number of hydrogen-bond donors (Lipinski definition) is 1. The SMILES string of the molecule is COCC(=O)NCCc1nc2ccccc2n1CCCOc1ccc(C(C)C)cc1. The van der Waals surface area contributed by atoms with Crippen molar-refractivity contribution in [2.45, 2.75) is 39.2 Å². The first-order valence-electron chi connectivity index (χ1n) is 10.5. The topological polar surface area (TPSA) is 65.4 Å². The Bertz CT molecular complexity index is 948. The second-order valence-corrected chi connectivity index (χ2v) is 7.63. The van der Waals surface area contributed by atoms with Crippen molar-refractivity contribution in [3.63, 3.8) is 0 Å². The van der Waals surface area contributed by atoms with E-state index in [-0.39, 0.29) is 12.5 Å². The fraction of sp³-hybridized carbons (Fsp3) is 0.417. The molecule has 1 heterocycles. The maximum atomic E-state index is 11.6. The van der Waals surface area contributed by atoms with Crippen LogP contribution in [0.4, 0.5) is 0 Å². The van der Waals surface area contributed by atoms with E-state index in [1.54, 1.807) is 0 Å². The van der Waals surface area contributed by atoms with Crippen LogP contribution < -0.4 is 10.1 Å². The zero-order valence-electron chi connectivity index (χ0n) is 18.1. The molecule has 1 N–H and O–H groups in total. The molecule has 0 saturated heterocycles. The molecular formula is C24H31N3O3. The first-order valence-corrected chi connectivity index (χ1v) is 10.5. The number of hydrogen-bond acceptors (Lipinski definition) is 4. The van der Waals surface area contributed by atoms with Crippen LogP contribution in [-0.2, 0) is 22.5 Å². The van der Waals surface area contributed by atoms with Gasteiger partial charge in [0.15, 0.2) is 0 Å². The number of aryl methyl sites for hydroxylation is 1. The molecule has 0 fully saturated rings. The molecule has 6 nitrogen and oxygen atoms in total. The lowest BCUT2D eigenvalue weighted by atomic mass is 10.0. The number of amides is 1. The van der Waals surface area contributed by atoms with E-state index >= 15 is 0 Å². The smallest absolute Gasteiger partial charge is 0.245 e. The summed E-state index contributed by atoms with van der Waals surface area (Å²) in [7, 11) is 1.51. The molecule has 0 spiro atoms. The molecule has 0 saturated carbocycles. The Balaban J connectivity index is 1.58. The summed E-state index contributed by atoms with van der Waals surface area (Å²) >= 11 is 0. The number of fused-ring (bicyclic) bond motifs is 1. The molecule has 0 unspecified atom stereocenters. The summed E-state index contributed by atoms with van der Waals surface area (Å²) in [5.41, 5.74) is 3.40. The number of para-hydroxylation sites is 2. The van der Waals surface area contributed by atoms with Crippen LogP contribution in [-0.4, -0.2) is 42.3 Å². The average Bonchev–Trinajstić information content (AvgIpc) is 3.09. The number of carbonyl (C=O) groups excluding carboxylic acids is 1. The molecule has 6 heteroatoms. The van der Waals surface area contributed by atoms with Crippen molar-refractivity contribution >= 4 is 16.9 Å². The van der Waals surface area contributed by atoms with Gasteiger partial charge in [0, 0.05) is 26.6 Å². The molecule has 30 heavy (non-hydrogen) atoms. The molecule has 160 valence electrons. The van der Waals surface area contributed by atoms with Gasteiger partial charge < -0.3 is 19.4 Å². The first-order chi connectivity index (χ1) is 14.6. The van der Waals surface area contributed by atoms with Gasteiger partial charge in [-0.15, -0.1) is 0 Å². The van der Waals surface area contributed by atoms with Crippen molar-refractivity contribution in [3.05, 3.63) is 59.9 Å². The van der Waals surface area contributed by atoms with Gasteiger partial charge in [-0.2, -0.15) is 0 Å². The number of nitrogens with zero attached hydrogens (tertiary/aromatic N) is 2. The summed E-state index contributed by atoms with van der Waals surface area (Å²) < 4.78 is 13.0. The maximum absolute atomic E-state index is 11.6. The van der Waals surface area contributed by atoms with E-state index in [1.165, 1.54) is 12.7 Å². The second kappa shape index (κ2) is 10.8. The van der Waals surface area contributed by atoms with E-state index in [9.17, 15) is 4.79 Å². The standard InChI is InChI=1S/C24H31N3O3/c1-18(2)19-9-11-20(12-10-19)30-16-6-15-27-22-8-5-4-7-21(22)26-23(27)13-14-25-24(28)17-29-3/h4-5,7-12,18H,6,13-17H2,1-3H3,(H,25,28). The summed E-state index contributed by atoms with van der Waals surface area (Å²) in [6.45, 7) is 6.43. The number of benzene rings is 2. The van der Waals surface area contributed by atoms with Crippen LogP contribution in [0.3, 0.4) is 0 Å². The lowest BCUT2D eigenvalue weighted by Crippen LogP contribution is -2.29. The minimum Gasteiger partial charge on any atom is -0.494 e. The summed E-state index contributed by atoms with van der Waals surface area (Å²) in [5.74, 6) is 2.27. The predicted octanol–water partition coefficient (Wildman–Crippen LogP) is 3.93. The van der Waals surface area contributed by atoms with Crippen LogP contribution in [0.1, 0.15) is 37.6 Å². The van der Waals surface area contributed by atoms with Gasteiger partial charge >= 0.3 is 0 Å². The Morgan fingerprint density at radius 2 is 1.90 bits per heavy atom. The molecule has 0 atom stereocenters. The van der Waals surface area contributed by atoms with Crippen molar-refractivity contribution in [3.8, 4) is 5.75 Å². The van der Waals surface area contributed by atoms with E-state index in [4.69, 9.17) is 14.5 Å². The van der Waals surface area contributed by atoms with Gasteiger partial charge in [0.1, 0.15) is 18.2 Å². The van der Waals surface area contributed by atoms with Gasteiger partial charge in [0.25, 0.3) is 0 Å². The Morgan fingerprint density at radius 1 is 1.13 bits per heavy atom. The Morgan fingerprint density at radius 3 is 2.63 bits per heavy atom. The highest BCUT2D eigenvalue weighted by molar-refractivity contribution is 5.77. The molecule has 0 aliphatic heterocycles. The third-order valence-electron chi connectivity index (χ3n) is 5.02. The number of ether oxygens (including phenoxy) is 2. The monoisotopic (exact) mass is 409 g/mol. The number of rotatable bonds is 11. The largest absolute Gasteiger partial charge is 0.494 e. The van der Waals surface area contributed by atoms with E-state index in [2.05, 4.69) is 41.9 Å². The van der Waals surface area contributed by atoms with Gasteiger partial charge in [-0.05, 0) is 42.2 Å². The van der Waals surface area contributed by atoms with Crippen molar-refractivity contribution in [1.29, 1.82) is 0 Å². The summed E-state index contributed by atoms with van der Waals surface area (Å²) in [4.78, 5) is 16.4. The Labute approximate surface area is 178 Å². The predicted molar refractivity (Wildman–Crippen MR) is 119 cm³/mol. The Kier molecular flexibility index (Phi) is 7.85. The number of imidazole rings is 1. The summed E-state index contributed by atoms with van der Waals surface area (Å²) in [6, 6.07) is 16.4. The van der Waals surface area contributed by atoms with Gasteiger partial charge in [-0.25, -0.2) is 4.98 Å². The third-order valence-corrected chi connectivity index (χ3v) is 5.02. The number of methoxy groups -OCH3 is 1. The number of carbonyl (C=O) groups is 1. The number of aromatic nitrogens is 2. The van der Waals surface area contributed by atoms with Crippen molar-refractivity contribution in [2.75, 3.05) is 26.9 Å². The van der Waals surface area contributed by atoms with Crippen LogP contribution >= 0.6 is 0 Å². The highest BCUT2D eigenvalue weighted by Gasteiger charge is 2.11. The summed E-state index contributed by atoms with van der Waals surface area (Å²) in [5, 5.41) is 2.86. The quantitative estimate of drug-likeness (QED) is 0.487. The average molecular weight is 410 g/mol. The second-order valence-electron chi connectivity index (χ2n) is 7.63. The van der Waals surface area contributed by atoms with Gasteiger partial charge in [0.2, 0.25) is 5.91 Å². The van der Waals surface area contributed by atoms with Crippen LogP contribution in [0, 0.1) is 0 Å². The fourth-order valence-corrected chi connectivity index (χ4v) is 3.42. The molecule has 1 amide bonds. The maximum Gasteiger partial charge on any atom is 0.245 e. The molecule has 1 aromatic heterocycles. The molecule has 0 radical (unpaired) electrons. The first kappa shape index (κ1) is 21.8. The van der Waals surface area contributed by atoms with E-state index in [0.717, 1.165) is 35.6 Å². The molecule has 0 aliphatic carbocycles. The molecule has 0 aliphatic rings. The van der Waals surface area contributed by atoms with Gasteiger partial charge in [-0.1, -0.05) is 38.1 Å². The fourth-order valence-electron chi connectivity index (χ4n) is 3.42. The lowest BCUT2D eigenvalue weighted by Gasteiger charge is -2.12. The van der Waals surface area contributed by atoms with Gasteiger partial charge in [-0.3, -0.25) is 4.79 Å². The van der Waals surface area contributed by atoms with Crippen LogP contribution in [0.25, 0.3) is 11.0 Å². The molecule has 0 bridgehead atoms. The molecule has 2 aromatic carbocycles. The van der Waals surface area contributed by atoms with Crippen LogP contribution in [0.5, 0.6) is 5.75 Å². The lowest BCUT2D eigenvalue weighted by molar-refractivity contribution is -0.124. The summed E-state index contributed by atoms with van der Waals surface area (Å²) in [6.07, 6.45) is 1.54. The van der Waals surface area contributed by atoms with Crippen LogP contribution in [0.2, 0.25) is 0 Å². The molecule has 3 rings (SSSR count). The van der Waals surface area contributed by atoms with Crippen molar-refractivity contribution in [2.24, 2.45) is 0 Å².